The fourth-order valence-corrected chi connectivity index (χ4v) is 1.14. The first-order valence-electron chi connectivity index (χ1n) is 4.10. The minimum Gasteiger partial charge on any atom is -0.366 e. The molecule has 14 heavy (non-hydrogen) atoms. The van der Waals surface area contributed by atoms with Crippen molar-refractivity contribution >= 4 is 17.4 Å². The van der Waals surface area contributed by atoms with Crippen LogP contribution in [0.25, 0.3) is 0 Å². The van der Waals surface area contributed by atoms with Gasteiger partial charge < -0.3 is 5.32 Å². The average molecular weight is 222 g/mol. The number of hydrogen-bond donors (Lipinski definition) is 1. The van der Waals surface area contributed by atoms with Crippen molar-refractivity contribution < 1.29 is 8.78 Å². The molecule has 0 aliphatic heterocycles. The lowest BCUT2D eigenvalue weighted by Gasteiger charge is -2.13. The fraction of sp³-hybridized carbons (Fsp3) is 0.500. The highest BCUT2D eigenvalue weighted by Gasteiger charge is 2.10. The van der Waals surface area contributed by atoms with Gasteiger partial charge in [-0.25, -0.2) is 13.8 Å². The van der Waals surface area contributed by atoms with E-state index in [0.29, 0.717) is 5.82 Å². The zero-order valence-corrected chi connectivity index (χ0v) is 8.30. The third kappa shape index (κ3) is 3.83. The normalized spacial score (nSPS) is 12.9. The average Bonchev–Trinajstić information content (AvgIpc) is 2.01. The molecule has 0 bridgehead atoms. The predicted octanol–water partition coefficient (Wildman–Crippen LogP) is 2.59. The molecule has 1 rings (SSSR count). The van der Waals surface area contributed by atoms with Gasteiger partial charge in [-0.1, -0.05) is 11.6 Å². The van der Waals surface area contributed by atoms with E-state index in [0.717, 1.165) is 0 Å². The van der Waals surface area contributed by atoms with Crippen molar-refractivity contribution in [3.8, 4) is 0 Å². The minimum atomic E-state index is -2.33. The van der Waals surface area contributed by atoms with Crippen LogP contribution in [-0.4, -0.2) is 22.4 Å². The van der Waals surface area contributed by atoms with E-state index < -0.39 is 6.43 Å². The zero-order valence-electron chi connectivity index (χ0n) is 7.54. The Morgan fingerprint density at radius 1 is 1.50 bits per heavy atom. The summed E-state index contributed by atoms with van der Waals surface area (Å²) in [5, 5.41) is 3.01. The molecule has 1 atom stereocenters. The highest BCUT2D eigenvalue weighted by molar-refractivity contribution is 6.29. The van der Waals surface area contributed by atoms with Crippen molar-refractivity contribution in [3.05, 3.63) is 17.5 Å². The Morgan fingerprint density at radius 2 is 2.21 bits per heavy atom. The highest BCUT2D eigenvalue weighted by atomic mass is 35.5. The lowest BCUT2D eigenvalue weighted by atomic mass is 10.2. The van der Waals surface area contributed by atoms with Crippen molar-refractivity contribution in [2.45, 2.75) is 25.8 Å². The maximum Gasteiger partial charge on any atom is 0.240 e. The van der Waals surface area contributed by atoms with Gasteiger partial charge in [0.25, 0.3) is 0 Å². The number of alkyl halides is 2. The van der Waals surface area contributed by atoms with Gasteiger partial charge in [-0.3, -0.25) is 4.98 Å². The molecule has 1 N–H and O–H groups in total. The summed E-state index contributed by atoms with van der Waals surface area (Å²) >= 11 is 5.57. The number of halogens is 3. The van der Waals surface area contributed by atoms with Crippen LogP contribution in [0.15, 0.2) is 12.4 Å². The van der Waals surface area contributed by atoms with Crippen LogP contribution in [0, 0.1) is 0 Å². The molecule has 6 heteroatoms. The van der Waals surface area contributed by atoms with Crippen molar-refractivity contribution in [1.29, 1.82) is 0 Å². The molecule has 0 amide bonds. The Bertz CT molecular complexity index is 296. The second-order valence-corrected chi connectivity index (χ2v) is 3.29. The van der Waals surface area contributed by atoms with Gasteiger partial charge in [0.05, 0.1) is 12.4 Å². The molecule has 1 aromatic heterocycles. The van der Waals surface area contributed by atoms with E-state index in [1.165, 1.54) is 12.4 Å². The van der Waals surface area contributed by atoms with Crippen molar-refractivity contribution in [2.24, 2.45) is 0 Å². The Kier molecular flexibility index (Phi) is 4.00. The third-order valence-electron chi connectivity index (χ3n) is 1.53. The van der Waals surface area contributed by atoms with Gasteiger partial charge >= 0.3 is 0 Å². The van der Waals surface area contributed by atoms with Gasteiger partial charge in [-0.15, -0.1) is 0 Å². The summed E-state index contributed by atoms with van der Waals surface area (Å²) in [4.78, 5) is 7.64. The molecule has 1 aromatic rings. The number of rotatable bonds is 4. The molecule has 1 unspecified atom stereocenters. The quantitative estimate of drug-likeness (QED) is 0.849. The number of hydrogen-bond acceptors (Lipinski definition) is 3. The first-order chi connectivity index (χ1) is 6.58. The van der Waals surface area contributed by atoms with Gasteiger partial charge in [-0.2, -0.15) is 0 Å². The van der Waals surface area contributed by atoms with Crippen LogP contribution >= 0.6 is 11.6 Å². The second kappa shape index (κ2) is 5.05. The predicted molar refractivity (Wildman–Crippen MR) is 50.7 cm³/mol. The lowest BCUT2D eigenvalue weighted by molar-refractivity contribution is 0.133. The van der Waals surface area contributed by atoms with E-state index in [1.54, 1.807) is 6.92 Å². The van der Waals surface area contributed by atoms with Gasteiger partial charge in [0.15, 0.2) is 0 Å². The lowest BCUT2D eigenvalue weighted by Crippen LogP contribution is -2.19. The minimum absolute atomic E-state index is 0.228. The van der Waals surface area contributed by atoms with E-state index in [2.05, 4.69) is 15.3 Å². The van der Waals surface area contributed by atoms with Crippen LogP contribution in [0.5, 0.6) is 0 Å². The second-order valence-electron chi connectivity index (χ2n) is 2.90. The summed E-state index contributed by atoms with van der Waals surface area (Å²) in [5.41, 5.74) is 0. The molecule has 0 saturated carbocycles. The van der Waals surface area contributed by atoms with Gasteiger partial charge in [-0.05, 0) is 6.92 Å². The number of anilines is 1. The SMILES string of the molecule is CC(CC(F)F)Nc1cncc(Cl)n1. The maximum absolute atomic E-state index is 12.0. The molecule has 0 aliphatic carbocycles. The highest BCUT2D eigenvalue weighted by Crippen LogP contribution is 2.11. The molecule has 0 saturated heterocycles. The van der Waals surface area contributed by atoms with E-state index >= 15 is 0 Å². The number of nitrogens with zero attached hydrogens (tertiary/aromatic N) is 2. The van der Waals surface area contributed by atoms with Crippen LogP contribution in [0.2, 0.25) is 5.15 Å². The molecule has 0 spiro atoms. The van der Waals surface area contributed by atoms with Crippen molar-refractivity contribution in [3.63, 3.8) is 0 Å². The molecule has 78 valence electrons. The first-order valence-corrected chi connectivity index (χ1v) is 4.48. The topological polar surface area (TPSA) is 37.8 Å². The van der Waals surface area contributed by atoms with Gasteiger partial charge in [0, 0.05) is 12.5 Å². The molecular weight excluding hydrogens is 212 g/mol. The Morgan fingerprint density at radius 3 is 2.79 bits per heavy atom. The van der Waals surface area contributed by atoms with Crippen molar-refractivity contribution in [1.82, 2.24) is 9.97 Å². The first kappa shape index (κ1) is 11.1. The third-order valence-corrected chi connectivity index (χ3v) is 1.71. The van der Waals surface area contributed by atoms with Crippen molar-refractivity contribution in [2.75, 3.05) is 5.32 Å². The monoisotopic (exact) mass is 221 g/mol. The summed E-state index contributed by atoms with van der Waals surface area (Å²) < 4.78 is 23.9. The molecule has 0 aromatic carbocycles. The van der Waals surface area contributed by atoms with E-state index in [1.807, 2.05) is 0 Å². The van der Waals surface area contributed by atoms with Crippen LogP contribution in [-0.2, 0) is 0 Å². The molecule has 0 fully saturated rings. The standard InChI is InChI=1S/C8H10ClF2N3/c1-5(2-7(10)11)13-8-4-12-3-6(9)14-8/h3-5,7H,2H2,1H3,(H,13,14). The summed E-state index contributed by atoms with van der Waals surface area (Å²) in [6.07, 6.45) is 0.261. The van der Waals surface area contributed by atoms with Gasteiger partial charge in [0.2, 0.25) is 6.43 Å². The molecule has 1 heterocycles. The molecular formula is C8H10ClF2N3. The summed E-state index contributed by atoms with van der Waals surface area (Å²) in [5.74, 6) is 0.408. The summed E-state index contributed by atoms with van der Waals surface area (Å²) in [6, 6.07) is -0.359. The van der Waals surface area contributed by atoms with E-state index in [4.69, 9.17) is 11.6 Å². The van der Waals surface area contributed by atoms with E-state index in [-0.39, 0.29) is 17.6 Å². The fourth-order valence-electron chi connectivity index (χ4n) is 0.990. The van der Waals surface area contributed by atoms with Crippen LogP contribution in [0.4, 0.5) is 14.6 Å². The van der Waals surface area contributed by atoms with Crippen LogP contribution in [0.1, 0.15) is 13.3 Å². The van der Waals surface area contributed by atoms with E-state index in [9.17, 15) is 8.78 Å². The number of nitrogens with one attached hydrogen (secondary N) is 1. The van der Waals surface area contributed by atoms with Crippen LogP contribution in [0.3, 0.4) is 0 Å². The largest absolute Gasteiger partial charge is 0.366 e. The zero-order chi connectivity index (χ0) is 10.6. The molecule has 3 nitrogen and oxygen atoms in total. The number of aromatic nitrogens is 2. The summed E-state index contributed by atoms with van der Waals surface area (Å²) in [6.45, 7) is 1.65. The smallest absolute Gasteiger partial charge is 0.240 e. The molecule has 0 aliphatic rings. The maximum atomic E-state index is 12.0. The Hall–Kier alpha value is -0.970. The van der Waals surface area contributed by atoms with Crippen LogP contribution < -0.4 is 5.32 Å². The summed E-state index contributed by atoms with van der Waals surface area (Å²) in [7, 11) is 0. The van der Waals surface area contributed by atoms with Gasteiger partial charge in [0.1, 0.15) is 11.0 Å². The Balaban J connectivity index is 2.51. The Labute approximate surface area is 85.5 Å². The molecule has 0 radical (unpaired) electrons.